The lowest BCUT2D eigenvalue weighted by Gasteiger charge is -2.25. The number of hydrogen-bond donors (Lipinski definition) is 1. The van der Waals surface area contributed by atoms with E-state index < -0.39 is 10.0 Å². The molecule has 1 saturated heterocycles. The maximum absolute atomic E-state index is 14.1. The van der Waals surface area contributed by atoms with Crippen LogP contribution in [0.2, 0.25) is 0 Å². The van der Waals surface area contributed by atoms with Gasteiger partial charge in [-0.05, 0) is 62.6 Å². The number of aryl methyl sites for hydroxylation is 2. The molecule has 1 N–H and O–H groups in total. The largest absolute Gasteiger partial charge is 0.375 e. The smallest absolute Gasteiger partial charge is 0.243 e. The lowest BCUT2D eigenvalue weighted by Crippen LogP contribution is -2.35. The van der Waals surface area contributed by atoms with Crippen LogP contribution in [0.25, 0.3) is 11.0 Å². The van der Waals surface area contributed by atoms with Crippen molar-refractivity contribution in [2.75, 3.05) is 18.4 Å². The van der Waals surface area contributed by atoms with Gasteiger partial charge >= 0.3 is 0 Å². The van der Waals surface area contributed by atoms with E-state index in [1.165, 1.54) is 6.07 Å². The molecule has 0 radical (unpaired) electrons. The fourth-order valence-electron chi connectivity index (χ4n) is 4.00. The molecule has 0 unspecified atom stereocenters. The molecule has 8 heteroatoms. The summed E-state index contributed by atoms with van der Waals surface area (Å²) in [6, 6.07) is 10.2. The van der Waals surface area contributed by atoms with Gasteiger partial charge in [-0.1, -0.05) is 12.5 Å². The van der Waals surface area contributed by atoms with Crippen molar-refractivity contribution >= 4 is 26.7 Å². The monoisotopic (exact) mass is 430 g/mol. The predicted molar refractivity (Wildman–Crippen MR) is 116 cm³/mol. The summed E-state index contributed by atoms with van der Waals surface area (Å²) < 4.78 is 43.7. The number of rotatable bonds is 6. The third kappa shape index (κ3) is 3.94. The van der Waals surface area contributed by atoms with Crippen LogP contribution in [0.5, 0.6) is 0 Å². The van der Waals surface area contributed by atoms with E-state index >= 15 is 0 Å². The van der Waals surface area contributed by atoms with Gasteiger partial charge in [0.25, 0.3) is 0 Å². The highest BCUT2D eigenvalue weighted by Gasteiger charge is 2.26. The number of piperidine rings is 1. The van der Waals surface area contributed by atoms with Crippen LogP contribution in [0.1, 0.15) is 37.6 Å². The predicted octanol–water partition coefficient (Wildman–Crippen LogP) is 4.29. The summed E-state index contributed by atoms with van der Waals surface area (Å²) in [5, 5.41) is 3.10. The van der Waals surface area contributed by atoms with Crippen LogP contribution in [0.15, 0.2) is 41.3 Å². The Hall–Kier alpha value is -2.45. The quantitative estimate of drug-likeness (QED) is 0.634. The van der Waals surface area contributed by atoms with Crippen molar-refractivity contribution in [3.8, 4) is 0 Å². The molecular weight excluding hydrogens is 403 g/mol. The second-order valence-corrected chi connectivity index (χ2v) is 9.66. The van der Waals surface area contributed by atoms with Gasteiger partial charge in [-0.25, -0.2) is 17.8 Å². The number of halogens is 1. The molecule has 4 rings (SSSR count). The van der Waals surface area contributed by atoms with Crippen LogP contribution in [0, 0.1) is 12.7 Å². The van der Waals surface area contributed by atoms with Gasteiger partial charge in [0.05, 0.1) is 28.2 Å². The van der Waals surface area contributed by atoms with Gasteiger partial charge in [-0.15, -0.1) is 0 Å². The molecule has 1 fully saturated rings. The number of fused-ring (bicyclic) bond motifs is 1. The zero-order valence-corrected chi connectivity index (χ0v) is 18.2. The van der Waals surface area contributed by atoms with Crippen molar-refractivity contribution in [1.29, 1.82) is 0 Å². The van der Waals surface area contributed by atoms with Gasteiger partial charge in [0, 0.05) is 19.6 Å². The van der Waals surface area contributed by atoms with E-state index in [0.29, 0.717) is 37.4 Å². The first-order valence-corrected chi connectivity index (χ1v) is 11.8. The molecule has 1 aliphatic heterocycles. The molecule has 0 bridgehead atoms. The number of nitrogens with one attached hydrogen (secondary N) is 1. The number of anilines is 1. The van der Waals surface area contributed by atoms with Crippen molar-refractivity contribution in [2.24, 2.45) is 0 Å². The highest BCUT2D eigenvalue weighted by Crippen LogP contribution is 2.25. The van der Waals surface area contributed by atoms with E-state index in [1.54, 1.807) is 22.5 Å². The zero-order chi connectivity index (χ0) is 21.3. The minimum absolute atomic E-state index is 0.279. The normalized spacial score (nSPS) is 15.6. The zero-order valence-electron chi connectivity index (χ0n) is 17.4. The van der Waals surface area contributed by atoms with E-state index in [-0.39, 0.29) is 10.7 Å². The third-order valence-electron chi connectivity index (χ3n) is 5.63. The van der Waals surface area contributed by atoms with Crippen molar-refractivity contribution in [3.05, 3.63) is 53.6 Å². The Bertz CT molecular complexity index is 1170. The second-order valence-electron chi connectivity index (χ2n) is 7.72. The SMILES string of the molecule is CCn1c(CNc2ccc(C)cc2F)nc2cc(S(=O)(=O)N3CCCCC3)ccc21. The highest BCUT2D eigenvalue weighted by atomic mass is 32.2. The Balaban J connectivity index is 1.63. The Kier molecular flexibility index (Phi) is 5.79. The molecule has 2 heterocycles. The van der Waals surface area contributed by atoms with Gasteiger partial charge in [-0.3, -0.25) is 0 Å². The van der Waals surface area contributed by atoms with Crippen LogP contribution >= 0.6 is 0 Å². The molecule has 0 atom stereocenters. The summed E-state index contributed by atoms with van der Waals surface area (Å²) in [7, 11) is -3.51. The molecule has 1 aromatic heterocycles. The summed E-state index contributed by atoms with van der Waals surface area (Å²) in [6.07, 6.45) is 2.87. The van der Waals surface area contributed by atoms with Crippen molar-refractivity contribution in [2.45, 2.75) is 51.1 Å². The van der Waals surface area contributed by atoms with E-state index in [9.17, 15) is 12.8 Å². The minimum atomic E-state index is -3.51. The molecular formula is C22H27FN4O2S. The van der Waals surface area contributed by atoms with Gasteiger partial charge < -0.3 is 9.88 Å². The average Bonchev–Trinajstić information content (AvgIpc) is 3.10. The number of imidazole rings is 1. The minimum Gasteiger partial charge on any atom is -0.375 e. The van der Waals surface area contributed by atoms with E-state index in [2.05, 4.69) is 10.3 Å². The van der Waals surface area contributed by atoms with Gasteiger partial charge in [0.1, 0.15) is 11.6 Å². The van der Waals surface area contributed by atoms with Crippen LogP contribution in [0.4, 0.5) is 10.1 Å². The average molecular weight is 431 g/mol. The van der Waals surface area contributed by atoms with Gasteiger partial charge in [-0.2, -0.15) is 4.31 Å². The van der Waals surface area contributed by atoms with Gasteiger partial charge in [0.2, 0.25) is 10.0 Å². The maximum atomic E-state index is 14.1. The number of aromatic nitrogens is 2. The summed E-state index contributed by atoms with van der Waals surface area (Å²) >= 11 is 0. The first-order chi connectivity index (χ1) is 14.4. The fourth-order valence-corrected chi connectivity index (χ4v) is 5.54. The maximum Gasteiger partial charge on any atom is 0.243 e. The molecule has 0 aliphatic carbocycles. The summed E-state index contributed by atoms with van der Waals surface area (Å²) in [5.41, 5.74) is 2.79. The number of benzene rings is 2. The molecule has 0 amide bonds. The van der Waals surface area contributed by atoms with Crippen LogP contribution < -0.4 is 5.32 Å². The molecule has 1 aliphatic rings. The second kappa shape index (κ2) is 8.35. The summed E-state index contributed by atoms with van der Waals surface area (Å²) in [4.78, 5) is 4.94. The molecule has 2 aromatic carbocycles. The molecule has 0 spiro atoms. The third-order valence-corrected chi connectivity index (χ3v) is 7.52. The Morgan fingerprint density at radius 2 is 1.87 bits per heavy atom. The van der Waals surface area contributed by atoms with E-state index in [4.69, 9.17) is 0 Å². The lowest BCUT2D eigenvalue weighted by atomic mass is 10.2. The molecule has 160 valence electrons. The first kappa shape index (κ1) is 20.8. The molecule has 30 heavy (non-hydrogen) atoms. The standard InChI is InChI=1S/C22H27FN4O2S/c1-3-27-21-10-8-17(30(28,29)26-11-5-4-6-12-26)14-20(21)25-22(27)15-24-19-9-7-16(2)13-18(19)23/h7-10,13-14,24H,3-6,11-12,15H2,1-2H3. The van der Waals surface area contributed by atoms with Crippen LogP contribution in [0.3, 0.4) is 0 Å². The first-order valence-electron chi connectivity index (χ1n) is 10.4. The van der Waals surface area contributed by atoms with Gasteiger partial charge in [0.15, 0.2) is 0 Å². The van der Waals surface area contributed by atoms with Crippen molar-refractivity contribution in [3.63, 3.8) is 0 Å². The number of nitrogens with zero attached hydrogens (tertiary/aromatic N) is 3. The molecule has 3 aromatic rings. The van der Waals surface area contributed by atoms with Crippen molar-refractivity contribution < 1.29 is 12.8 Å². The van der Waals surface area contributed by atoms with Crippen LogP contribution in [-0.2, 0) is 23.1 Å². The summed E-state index contributed by atoms with van der Waals surface area (Å²) in [6.45, 7) is 6.02. The van der Waals surface area contributed by atoms with Crippen molar-refractivity contribution in [1.82, 2.24) is 13.9 Å². The fraction of sp³-hybridized carbons (Fsp3) is 0.409. The number of sulfonamides is 1. The topological polar surface area (TPSA) is 67.2 Å². The lowest BCUT2D eigenvalue weighted by molar-refractivity contribution is 0.346. The Labute approximate surface area is 176 Å². The highest BCUT2D eigenvalue weighted by molar-refractivity contribution is 7.89. The summed E-state index contributed by atoms with van der Waals surface area (Å²) in [5.74, 6) is 0.434. The van der Waals surface area contributed by atoms with E-state index in [0.717, 1.165) is 36.2 Å². The van der Waals surface area contributed by atoms with Crippen LogP contribution in [-0.4, -0.2) is 35.4 Å². The molecule has 6 nitrogen and oxygen atoms in total. The molecule has 0 saturated carbocycles. The Morgan fingerprint density at radius 3 is 2.57 bits per heavy atom. The van der Waals surface area contributed by atoms with E-state index in [1.807, 2.05) is 30.5 Å². The Morgan fingerprint density at radius 1 is 1.10 bits per heavy atom. The number of hydrogen-bond acceptors (Lipinski definition) is 4.